The van der Waals surface area contributed by atoms with Crippen molar-refractivity contribution in [1.82, 2.24) is 15.3 Å². The van der Waals surface area contributed by atoms with Crippen LogP contribution in [0.4, 0.5) is 24.5 Å². The minimum atomic E-state index is -4.48. The number of rotatable bonds is 8. The number of nitrogens with zero attached hydrogens (tertiary/aromatic N) is 2. The first-order valence-electron chi connectivity index (χ1n) is 11.3. The van der Waals surface area contributed by atoms with E-state index in [0.29, 0.717) is 29.8 Å². The first kappa shape index (κ1) is 25.3. The van der Waals surface area contributed by atoms with Crippen LogP contribution in [-0.2, 0) is 22.3 Å². The number of aromatic nitrogens is 2. The quantitative estimate of drug-likeness (QED) is 0.432. The van der Waals surface area contributed by atoms with Crippen LogP contribution in [0.2, 0.25) is 0 Å². The number of ether oxygens (including phenoxy) is 1. The van der Waals surface area contributed by atoms with Gasteiger partial charge in [0.1, 0.15) is 6.33 Å². The summed E-state index contributed by atoms with van der Waals surface area (Å²) in [4.78, 5) is 33.5. The maximum Gasteiger partial charge on any atom is 0.418 e. The molecule has 2 heterocycles. The van der Waals surface area contributed by atoms with Crippen molar-refractivity contribution in [3.8, 4) is 0 Å². The molecule has 1 aliphatic rings. The van der Waals surface area contributed by atoms with Crippen LogP contribution in [0.15, 0.2) is 61.2 Å². The fourth-order valence-corrected chi connectivity index (χ4v) is 4.09. The topological polar surface area (TPSA) is 93.2 Å². The summed E-state index contributed by atoms with van der Waals surface area (Å²) in [5.41, 5.74) is 0.338. The van der Waals surface area contributed by atoms with Gasteiger partial charge in [-0.1, -0.05) is 23.8 Å². The Kier molecular flexibility index (Phi) is 7.35. The SMILES string of the molecule is Cc1ccc(Nc2ccc(CNC(=O)[C@]3(CC(=O)c4cncnc4)CCOC3)cc2)c(C(F)(F)F)c1. The zero-order valence-corrected chi connectivity index (χ0v) is 19.6. The molecule has 1 amide bonds. The Hall–Kier alpha value is -3.79. The van der Waals surface area contributed by atoms with Crippen molar-refractivity contribution >= 4 is 23.1 Å². The van der Waals surface area contributed by atoms with Crippen LogP contribution in [-0.4, -0.2) is 34.9 Å². The average molecular weight is 499 g/mol. The Morgan fingerprint density at radius 2 is 1.81 bits per heavy atom. The van der Waals surface area contributed by atoms with Crippen LogP contribution < -0.4 is 10.6 Å². The summed E-state index contributed by atoms with van der Waals surface area (Å²) in [5, 5.41) is 5.69. The van der Waals surface area contributed by atoms with E-state index in [0.717, 1.165) is 11.6 Å². The van der Waals surface area contributed by atoms with E-state index in [1.54, 1.807) is 37.3 Å². The Morgan fingerprint density at radius 1 is 1.08 bits per heavy atom. The zero-order chi connectivity index (χ0) is 25.8. The highest BCUT2D eigenvalue weighted by atomic mass is 19.4. The summed E-state index contributed by atoms with van der Waals surface area (Å²) in [7, 11) is 0. The van der Waals surface area contributed by atoms with Crippen LogP contribution in [0.5, 0.6) is 0 Å². The maximum atomic E-state index is 13.4. The van der Waals surface area contributed by atoms with Crippen molar-refractivity contribution in [2.75, 3.05) is 18.5 Å². The molecule has 0 saturated carbocycles. The third-order valence-corrected chi connectivity index (χ3v) is 6.13. The van der Waals surface area contributed by atoms with E-state index in [9.17, 15) is 22.8 Å². The van der Waals surface area contributed by atoms with Gasteiger partial charge in [-0.15, -0.1) is 0 Å². The van der Waals surface area contributed by atoms with Crippen LogP contribution in [0.3, 0.4) is 0 Å². The molecule has 0 aliphatic carbocycles. The third kappa shape index (κ3) is 5.88. The number of aryl methyl sites for hydroxylation is 1. The number of halogens is 3. The van der Waals surface area contributed by atoms with Crippen molar-refractivity contribution in [2.24, 2.45) is 5.41 Å². The van der Waals surface area contributed by atoms with E-state index in [-0.39, 0.29) is 37.0 Å². The smallest absolute Gasteiger partial charge is 0.380 e. The van der Waals surface area contributed by atoms with E-state index in [1.165, 1.54) is 24.8 Å². The number of Topliss-reactive ketones (excluding diaryl/α,β-unsaturated/α-hetero) is 1. The number of hydrogen-bond acceptors (Lipinski definition) is 6. The van der Waals surface area contributed by atoms with Crippen molar-refractivity contribution < 1.29 is 27.5 Å². The van der Waals surface area contributed by atoms with Gasteiger partial charge in [0.2, 0.25) is 5.91 Å². The van der Waals surface area contributed by atoms with E-state index in [1.807, 2.05) is 0 Å². The van der Waals surface area contributed by atoms with Gasteiger partial charge in [-0.2, -0.15) is 13.2 Å². The summed E-state index contributed by atoms with van der Waals surface area (Å²) >= 11 is 0. The summed E-state index contributed by atoms with van der Waals surface area (Å²) in [6.45, 7) is 2.32. The lowest BCUT2D eigenvalue weighted by Gasteiger charge is -2.25. The number of carbonyl (C=O) groups excluding carboxylic acids is 2. The molecule has 2 aromatic carbocycles. The highest BCUT2D eigenvalue weighted by Gasteiger charge is 2.44. The molecule has 1 aromatic heterocycles. The first-order valence-corrected chi connectivity index (χ1v) is 11.3. The van der Waals surface area contributed by atoms with Gasteiger partial charge in [0.25, 0.3) is 0 Å². The number of amides is 1. The van der Waals surface area contributed by atoms with Gasteiger partial charge in [0, 0.05) is 37.7 Å². The molecule has 1 atom stereocenters. The number of ketones is 1. The fraction of sp³-hybridized carbons (Fsp3) is 0.308. The van der Waals surface area contributed by atoms with Crippen LogP contribution >= 0.6 is 0 Å². The van der Waals surface area contributed by atoms with Gasteiger partial charge in [-0.3, -0.25) is 9.59 Å². The highest BCUT2D eigenvalue weighted by Crippen LogP contribution is 2.37. The largest absolute Gasteiger partial charge is 0.418 e. The summed E-state index contributed by atoms with van der Waals surface area (Å²) in [6.07, 6.45) is 0.0791. The number of anilines is 2. The molecule has 1 fully saturated rings. The molecule has 0 radical (unpaired) electrons. The Labute approximate surface area is 206 Å². The Morgan fingerprint density at radius 3 is 2.44 bits per heavy atom. The molecule has 4 rings (SSSR count). The molecule has 7 nitrogen and oxygen atoms in total. The molecule has 36 heavy (non-hydrogen) atoms. The fourth-order valence-electron chi connectivity index (χ4n) is 4.09. The second kappa shape index (κ2) is 10.4. The second-order valence-corrected chi connectivity index (χ2v) is 8.86. The second-order valence-electron chi connectivity index (χ2n) is 8.86. The molecule has 0 unspecified atom stereocenters. The van der Waals surface area contributed by atoms with Gasteiger partial charge in [-0.05, 0) is 43.2 Å². The molecule has 3 aromatic rings. The van der Waals surface area contributed by atoms with Crippen LogP contribution in [0.1, 0.15) is 39.9 Å². The standard InChI is InChI=1S/C26H25F3N4O3/c1-17-2-7-22(21(10-17)26(27,28)29)33-20-5-3-18(4-6-20)12-32-24(35)25(8-9-36-15-25)11-23(34)19-13-30-16-31-14-19/h2-7,10,13-14,16,33H,8-9,11-12,15H2,1H3,(H,32,35)/t25-/m0/s1. The summed E-state index contributed by atoms with van der Waals surface area (Å²) < 4.78 is 45.6. The summed E-state index contributed by atoms with van der Waals surface area (Å²) in [5.74, 6) is -0.525. The van der Waals surface area contributed by atoms with Crippen molar-refractivity contribution in [1.29, 1.82) is 0 Å². The van der Waals surface area contributed by atoms with E-state index >= 15 is 0 Å². The summed E-state index contributed by atoms with van der Waals surface area (Å²) in [6, 6.07) is 10.8. The predicted molar refractivity (Wildman–Crippen MR) is 127 cm³/mol. The number of benzene rings is 2. The van der Waals surface area contributed by atoms with Crippen LogP contribution in [0, 0.1) is 12.3 Å². The molecule has 0 spiro atoms. The first-order chi connectivity index (χ1) is 17.2. The van der Waals surface area contributed by atoms with Crippen molar-refractivity contribution in [3.05, 3.63) is 83.4 Å². The van der Waals surface area contributed by atoms with Gasteiger partial charge in [0.15, 0.2) is 5.78 Å². The van der Waals surface area contributed by atoms with Crippen molar-refractivity contribution in [2.45, 2.75) is 32.5 Å². The van der Waals surface area contributed by atoms with E-state index in [2.05, 4.69) is 20.6 Å². The Bertz CT molecular complexity index is 1230. The van der Waals surface area contributed by atoms with Gasteiger partial charge in [-0.25, -0.2) is 9.97 Å². The van der Waals surface area contributed by atoms with E-state index < -0.39 is 17.2 Å². The zero-order valence-electron chi connectivity index (χ0n) is 19.6. The lowest BCUT2D eigenvalue weighted by Crippen LogP contribution is -2.42. The molecule has 1 aliphatic heterocycles. The number of carbonyl (C=O) groups is 2. The molecule has 10 heteroatoms. The number of alkyl halides is 3. The molecule has 0 bridgehead atoms. The van der Waals surface area contributed by atoms with Gasteiger partial charge < -0.3 is 15.4 Å². The molecular formula is C26H25F3N4O3. The monoisotopic (exact) mass is 498 g/mol. The van der Waals surface area contributed by atoms with Gasteiger partial charge >= 0.3 is 6.18 Å². The molecule has 2 N–H and O–H groups in total. The molecule has 188 valence electrons. The average Bonchev–Trinajstić information content (AvgIpc) is 3.34. The highest BCUT2D eigenvalue weighted by molar-refractivity contribution is 5.99. The third-order valence-electron chi connectivity index (χ3n) is 6.13. The molecule has 1 saturated heterocycles. The van der Waals surface area contributed by atoms with Gasteiger partial charge in [0.05, 0.1) is 28.8 Å². The minimum Gasteiger partial charge on any atom is -0.380 e. The lowest BCUT2D eigenvalue weighted by molar-refractivity contribution is -0.137. The van der Waals surface area contributed by atoms with Crippen LogP contribution in [0.25, 0.3) is 0 Å². The number of hydrogen-bond donors (Lipinski definition) is 2. The molecular weight excluding hydrogens is 473 g/mol. The number of nitrogens with one attached hydrogen (secondary N) is 2. The minimum absolute atomic E-state index is 0.0207. The van der Waals surface area contributed by atoms with E-state index in [4.69, 9.17) is 4.74 Å². The predicted octanol–water partition coefficient (Wildman–Crippen LogP) is 4.84. The maximum absolute atomic E-state index is 13.4. The normalized spacial score (nSPS) is 17.6. The lowest BCUT2D eigenvalue weighted by atomic mass is 9.80. The van der Waals surface area contributed by atoms with Crippen molar-refractivity contribution in [3.63, 3.8) is 0 Å². The Balaban J connectivity index is 1.39.